The molecule has 0 bridgehead atoms. The lowest BCUT2D eigenvalue weighted by atomic mass is 9.77. The average molecular weight is 1380 g/mol. The molecule has 0 aliphatic heterocycles. The zero-order valence-corrected chi connectivity index (χ0v) is 58.5. The highest BCUT2D eigenvalue weighted by molar-refractivity contribution is 5.95. The van der Waals surface area contributed by atoms with E-state index in [0.717, 1.165) is 57.1 Å². The van der Waals surface area contributed by atoms with Crippen LogP contribution < -0.4 is 27.0 Å². The van der Waals surface area contributed by atoms with Crippen molar-refractivity contribution in [2.24, 2.45) is 34.8 Å². The average Bonchev–Trinajstić information content (AvgIpc) is 1.25. The van der Waals surface area contributed by atoms with Crippen molar-refractivity contribution in [1.82, 2.24) is 31.2 Å². The first-order valence-electron chi connectivity index (χ1n) is 35.9. The number of aromatic nitrogens is 2. The highest BCUT2D eigenvalue weighted by Gasteiger charge is 2.35. The summed E-state index contributed by atoms with van der Waals surface area (Å²) in [6, 6.07) is -1.90. The van der Waals surface area contributed by atoms with Gasteiger partial charge in [-0.15, -0.1) is 0 Å². The SMILES string of the molecule is CC(=O)[C@H](CCCCNC(=O)COCCOCCNC(=O)COCCOCCCC(=O)[C@H](CCC(=O)O)NC(=O)CC[C@H](CC(=O)C1CCC(CNC(=O)CCCCCCCCCCCCCCCCCCC(=O)O)CC1)C(=O)O)CC(=O)C(C)(C)CC(=O)[C@@H](N)Cc1cnc[nH]1.[HH]. The monoisotopic (exact) mass is 1380 g/mol. The van der Waals surface area contributed by atoms with Gasteiger partial charge in [0.05, 0.1) is 57.4 Å². The number of carboxylic acids is 3. The zero-order chi connectivity index (χ0) is 71.5. The molecule has 26 heteroatoms. The predicted molar refractivity (Wildman–Crippen MR) is 365 cm³/mol. The lowest BCUT2D eigenvalue weighted by molar-refractivity contribution is -0.145. The number of carbonyl (C=O) groups is 12. The third-order valence-corrected chi connectivity index (χ3v) is 17.9. The van der Waals surface area contributed by atoms with E-state index in [1.54, 1.807) is 20.0 Å². The minimum absolute atomic E-state index is 0. The van der Waals surface area contributed by atoms with Crippen LogP contribution in [0.2, 0.25) is 0 Å². The summed E-state index contributed by atoms with van der Waals surface area (Å²) in [6.45, 7) is 6.33. The van der Waals surface area contributed by atoms with E-state index in [1.807, 2.05) is 0 Å². The molecule has 0 radical (unpaired) electrons. The van der Waals surface area contributed by atoms with Gasteiger partial charge in [0.25, 0.3) is 0 Å². The second kappa shape index (κ2) is 53.6. The molecule has 0 aromatic carbocycles. The van der Waals surface area contributed by atoms with Crippen LogP contribution in [0.5, 0.6) is 0 Å². The molecule has 0 saturated heterocycles. The maximum absolute atomic E-state index is 13.3. The quantitative estimate of drug-likeness (QED) is 0.0277. The number of nitrogens with two attached hydrogens (primary N) is 1. The van der Waals surface area contributed by atoms with E-state index in [-0.39, 0.29) is 184 Å². The van der Waals surface area contributed by atoms with Crippen molar-refractivity contribution in [1.29, 1.82) is 0 Å². The van der Waals surface area contributed by atoms with Gasteiger partial charge >= 0.3 is 17.9 Å². The zero-order valence-electron chi connectivity index (χ0n) is 58.5. The standard InChI is InChI=1S/C71H119N7O19.H2/c1-52(79)55(44-63(83)71(2,3)46-62(82)58(72)45-57-48-73-51-77-57)23-20-21-35-74-66(86)49-97-42-40-95-38-36-75-67(87)50-96-41-39-94-37-22-24-60(80)59(32-34-69(90)91)78-65(85)33-31-56(70(92)93)43-61(81)54-29-27-53(28-30-54)47-76-64(84)25-18-16-14-12-10-8-6-4-5-7-9-11-13-15-17-19-26-68(88)89;/h48,51,53-56,58-59H,4-47,49-50,72H2,1-3H3,(H,73,77)(H,74,86)(H,75,87)(H,76,84)(H,78,85)(H,88,89)(H,90,91)(H,92,93);1H/t53?,54?,55-,56-,58+,59+;/m1./s1. The van der Waals surface area contributed by atoms with Crippen LogP contribution in [0.15, 0.2) is 12.5 Å². The summed E-state index contributed by atoms with van der Waals surface area (Å²) >= 11 is 0. The minimum atomic E-state index is -1.21. The Morgan fingerprint density at radius 3 is 1.65 bits per heavy atom. The Labute approximate surface area is 575 Å². The summed E-state index contributed by atoms with van der Waals surface area (Å²) in [5.74, 6) is -7.19. The number of carboxylic acid groups (broad SMARTS) is 3. The smallest absolute Gasteiger partial charge is 0.306 e. The number of carbonyl (C=O) groups excluding carboxylic acids is 9. The van der Waals surface area contributed by atoms with Crippen molar-refractivity contribution in [3.63, 3.8) is 0 Å². The Kier molecular flexibility index (Phi) is 47.9. The van der Waals surface area contributed by atoms with E-state index in [0.29, 0.717) is 51.6 Å². The molecule has 1 heterocycles. The summed E-state index contributed by atoms with van der Waals surface area (Å²) in [5, 5.41) is 39.0. The first kappa shape index (κ1) is 86.7. The second-order valence-corrected chi connectivity index (χ2v) is 26.8. The fourth-order valence-corrected chi connectivity index (χ4v) is 11.7. The van der Waals surface area contributed by atoms with Gasteiger partial charge in [-0.2, -0.15) is 0 Å². The number of rotatable bonds is 64. The van der Waals surface area contributed by atoms with Gasteiger partial charge in [-0.1, -0.05) is 110 Å². The number of hydrogen-bond acceptors (Lipinski definition) is 18. The summed E-state index contributed by atoms with van der Waals surface area (Å²) < 4.78 is 21.7. The molecule has 26 nitrogen and oxygen atoms in total. The molecule has 554 valence electrons. The number of imidazole rings is 1. The number of amides is 4. The topological polar surface area (TPSA) is 405 Å². The van der Waals surface area contributed by atoms with E-state index in [2.05, 4.69) is 31.2 Å². The fraction of sp³-hybridized carbons (Fsp3) is 0.789. The lowest BCUT2D eigenvalue weighted by Crippen LogP contribution is -2.41. The number of ketones is 5. The maximum Gasteiger partial charge on any atom is 0.306 e. The Morgan fingerprint density at radius 1 is 0.557 bits per heavy atom. The van der Waals surface area contributed by atoms with Crippen LogP contribution in [-0.4, -0.2) is 180 Å². The third kappa shape index (κ3) is 45.0. The van der Waals surface area contributed by atoms with Gasteiger partial charge in [-0.05, 0) is 83.5 Å². The predicted octanol–water partition coefficient (Wildman–Crippen LogP) is 8.31. The van der Waals surface area contributed by atoms with E-state index < -0.39 is 58.9 Å². The number of nitrogens with zero attached hydrogens (tertiary/aromatic N) is 1. The molecule has 1 fully saturated rings. The molecule has 1 aromatic heterocycles. The summed E-state index contributed by atoms with van der Waals surface area (Å²) in [6.07, 6.45) is 25.8. The number of aromatic amines is 1. The number of Topliss-reactive ketones (excluding diaryl/α,β-unsaturated/α-hetero) is 5. The molecule has 10 N–H and O–H groups in total. The van der Waals surface area contributed by atoms with Crippen molar-refractivity contribution in [2.45, 2.75) is 258 Å². The van der Waals surface area contributed by atoms with Crippen LogP contribution in [0.25, 0.3) is 0 Å². The summed E-state index contributed by atoms with van der Waals surface area (Å²) in [7, 11) is 0. The number of unbranched alkanes of at least 4 members (excludes halogenated alkanes) is 16. The first-order chi connectivity index (χ1) is 46.5. The highest BCUT2D eigenvalue weighted by Crippen LogP contribution is 2.32. The highest BCUT2D eigenvalue weighted by atomic mass is 16.5. The normalized spacial score (nSPS) is 15.1. The Hall–Kier alpha value is -6.35. The largest absolute Gasteiger partial charge is 0.481 e. The second-order valence-electron chi connectivity index (χ2n) is 26.8. The van der Waals surface area contributed by atoms with Crippen LogP contribution in [-0.2, 0) is 82.9 Å². The van der Waals surface area contributed by atoms with Crippen molar-refractivity contribution < 1.29 is 93.2 Å². The van der Waals surface area contributed by atoms with Crippen LogP contribution in [0.3, 0.4) is 0 Å². The summed E-state index contributed by atoms with van der Waals surface area (Å²) in [4.78, 5) is 156. The molecule has 1 aliphatic carbocycles. The molecular weight excluding hydrogens is 1250 g/mol. The Bertz CT molecular complexity index is 2480. The molecule has 4 atom stereocenters. The van der Waals surface area contributed by atoms with Crippen LogP contribution >= 0.6 is 0 Å². The first-order valence-corrected chi connectivity index (χ1v) is 35.9. The number of H-pyrrole nitrogens is 1. The Balaban J connectivity index is 0.0000480. The number of ether oxygens (including phenoxy) is 4. The van der Waals surface area contributed by atoms with Gasteiger partial charge in [0.2, 0.25) is 23.6 Å². The van der Waals surface area contributed by atoms with Crippen molar-refractivity contribution in [2.75, 3.05) is 72.5 Å². The van der Waals surface area contributed by atoms with E-state index in [1.165, 1.54) is 77.5 Å². The molecule has 0 spiro atoms. The van der Waals surface area contributed by atoms with Crippen LogP contribution in [0.4, 0.5) is 0 Å². The van der Waals surface area contributed by atoms with Gasteiger partial charge in [0.15, 0.2) is 11.6 Å². The van der Waals surface area contributed by atoms with Gasteiger partial charge in [-0.25, -0.2) is 4.98 Å². The minimum Gasteiger partial charge on any atom is -0.481 e. The third-order valence-electron chi connectivity index (χ3n) is 17.9. The van der Waals surface area contributed by atoms with Gasteiger partial charge in [0.1, 0.15) is 30.6 Å². The summed E-state index contributed by atoms with van der Waals surface area (Å²) in [5.41, 5.74) is 5.81. The van der Waals surface area contributed by atoms with Gasteiger partial charge < -0.3 is 66.3 Å². The molecule has 1 saturated carbocycles. The van der Waals surface area contributed by atoms with Crippen LogP contribution in [0.1, 0.15) is 246 Å². The van der Waals surface area contributed by atoms with Crippen LogP contribution in [0, 0.1) is 29.1 Å². The van der Waals surface area contributed by atoms with Crippen molar-refractivity contribution >= 4 is 70.5 Å². The molecule has 1 aromatic rings. The lowest BCUT2D eigenvalue weighted by Gasteiger charge is -2.28. The molecule has 2 rings (SSSR count). The van der Waals surface area contributed by atoms with E-state index >= 15 is 0 Å². The molecule has 0 unspecified atom stereocenters. The fourth-order valence-electron chi connectivity index (χ4n) is 11.7. The molecule has 97 heavy (non-hydrogen) atoms. The maximum atomic E-state index is 13.3. The number of hydrogen-bond donors (Lipinski definition) is 9. The van der Waals surface area contributed by atoms with E-state index in [9.17, 15) is 67.7 Å². The molecular formula is C71H121N7O19. The number of nitrogens with one attached hydrogen (secondary N) is 5. The van der Waals surface area contributed by atoms with Gasteiger partial charge in [-0.3, -0.25) is 57.5 Å². The molecule has 4 amide bonds. The van der Waals surface area contributed by atoms with E-state index in [4.69, 9.17) is 29.8 Å². The molecule has 1 aliphatic rings. The van der Waals surface area contributed by atoms with Gasteiger partial charge in [0, 0.05) is 115 Å². The van der Waals surface area contributed by atoms with Crippen molar-refractivity contribution in [3.8, 4) is 0 Å². The number of aliphatic carboxylic acids is 3. The van der Waals surface area contributed by atoms with Crippen molar-refractivity contribution in [3.05, 3.63) is 18.2 Å². The Morgan fingerprint density at radius 2 is 1.10 bits per heavy atom.